The van der Waals surface area contributed by atoms with Crippen molar-refractivity contribution in [3.8, 4) is 11.1 Å². The van der Waals surface area contributed by atoms with E-state index in [2.05, 4.69) is 5.32 Å². The number of benzene rings is 3. The van der Waals surface area contributed by atoms with Crippen LogP contribution in [0.25, 0.3) is 11.1 Å². The summed E-state index contributed by atoms with van der Waals surface area (Å²) in [7, 11) is 0. The van der Waals surface area contributed by atoms with Crippen LogP contribution < -0.4 is 5.32 Å². The van der Waals surface area contributed by atoms with E-state index in [1.54, 1.807) is 31.2 Å². The highest BCUT2D eigenvalue weighted by Crippen LogP contribution is 2.44. The molecule has 2 aliphatic rings. The molecule has 3 aromatic carbocycles. The van der Waals surface area contributed by atoms with Crippen LogP contribution in [0.1, 0.15) is 57.2 Å². The lowest BCUT2D eigenvalue weighted by atomic mass is 9.98. The highest BCUT2D eigenvalue weighted by atomic mass is 16.7. The lowest BCUT2D eigenvalue weighted by Crippen LogP contribution is -2.62. The van der Waals surface area contributed by atoms with E-state index in [0.29, 0.717) is 5.56 Å². The van der Waals surface area contributed by atoms with Crippen LogP contribution >= 0.6 is 0 Å². The van der Waals surface area contributed by atoms with Gasteiger partial charge in [0, 0.05) is 26.7 Å². The molecule has 270 valence electrons. The van der Waals surface area contributed by atoms with Gasteiger partial charge in [0.05, 0.1) is 12.2 Å². The Morgan fingerprint density at radius 2 is 1.24 bits per heavy atom. The number of carbonyl (C=O) groups excluding carboxylic acids is 5. The first kappa shape index (κ1) is 37.0. The van der Waals surface area contributed by atoms with Crippen molar-refractivity contribution in [1.82, 2.24) is 5.32 Å². The van der Waals surface area contributed by atoms with Gasteiger partial charge in [-0.05, 0) is 41.7 Å². The third-order valence-electron chi connectivity index (χ3n) is 8.55. The molecule has 1 fully saturated rings. The monoisotopic (exact) mass is 703 g/mol. The normalized spacial score (nSPS) is 21.9. The number of rotatable bonds is 12. The summed E-state index contributed by atoms with van der Waals surface area (Å²) in [5.41, 5.74) is 4.84. The van der Waals surface area contributed by atoms with Gasteiger partial charge in [0.25, 0.3) is 0 Å². The Morgan fingerprint density at radius 3 is 1.82 bits per heavy atom. The fourth-order valence-electron chi connectivity index (χ4n) is 6.32. The Balaban J connectivity index is 1.35. The zero-order valence-electron chi connectivity index (χ0n) is 28.9. The zero-order valence-corrected chi connectivity index (χ0v) is 28.9. The first-order valence-electron chi connectivity index (χ1n) is 16.6. The topological polar surface area (TPSA) is 162 Å². The average Bonchev–Trinajstić information content (AvgIpc) is 3.41. The number of alkyl carbamates (subject to hydrolysis) is 1. The van der Waals surface area contributed by atoms with Gasteiger partial charge in [0.15, 0.2) is 30.6 Å². The predicted molar refractivity (Wildman–Crippen MR) is 180 cm³/mol. The molecule has 0 aromatic heterocycles. The van der Waals surface area contributed by atoms with Crippen molar-refractivity contribution >= 4 is 30.0 Å². The molecule has 1 aliphatic heterocycles. The molecule has 1 amide bonds. The Bertz CT molecular complexity index is 1680. The van der Waals surface area contributed by atoms with E-state index in [9.17, 15) is 24.0 Å². The number of amides is 1. The van der Waals surface area contributed by atoms with Crippen molar-refractivity contribution in [2.45, 2.75) is 90.0 Å². The molecule has 1 N–H and O–H groups in total. The summed E-state index contributed by atoms with van der Waals surface area (Å²) in [4.78, 5) is 63.2. The first-order chi connectivity index (χ1) is 24.4. The molecular formula is C38H41NO12. The SMILES string of the molecule is CC(=O)O[C@@H]1[C@@H](OC(C)=O)[C@H](C)O[C@@H](O[C@H](C)[C@H](NC(=O)OCC2c3ccccc3-c3ccccc32)C(=O)OCc2ccccc2)[C@@H]1OC(C)=O. The predicted octanol–water partition coefficient (Wildman–Crippen LogP) is 4.58. The van der Waals surface area contributed by atoms with Gasteiger partial charge in [-0.2, -0.15) is 0 Å². The van der Waals surface area contributed by atoms with Crippen molar-refractivity contribution in [3.05, 3.63) is 95.6 Å². The third-order valence-corrected chi connectivity index (χ3v) is 8.55. The fourth-order valence-corrected chi connectivity index (χ4v) is 6.32. The quantitative estimate of drug-likeness (QED) is 0.207. The lowest BCUT2D eigenvalue weighted by molar-refractivity contribution is -0.310. The van der Waals surface area contributed by atoms with Crippen LogP contribution in [0.3, 0.4) is 0 Å². The first-order valence-corrected chi connectivity index (χ1v) is 16.6. The van der Waals surface area contributed by atoms with Crippen LogP contribution in [-0.2, 0) is 58.9 Å². The van der Waals surface area contributed by atoms with Crippen LogP contribution in [0, 0.1) is 0 Å². The molecule has 51 heavy (non-hydrogen) atoms. The minimum absolute atomic E-state index is 0.0136. The number of hydrogen-bond donors (Lipinski definition) is 1. The second kappa shape index (κ2) is 16.6. The van der Waals surface area contributed by atoms with Gasteiger partial charge in [0.1, 0.15) is 13.2 Å². The van der Waals surface area contributed by atoms with Gasteiger partial charge in [-0.15, -0.1) is 0 Å². The lowest BCUT2D eigenvalue weighted by Gasteiger charge is -2.44. The molecule has 1 heterocycles. The smallest absolute Gasteiger partial charge is 0.407 e. The average molecular weight is 704 g/mol. The van der Waals surface area contributed by atoms with Crippen molar-refractivity contribution < 1.29 is 57.1 Å². The maximum absolute atomic E-state index is 13.6. The largest absolute Gasteiger partial charge is 0.459 e. The number of nitrogens with one attached hydrogen (secondary N) is 1. The Labute approximate surface area is 295 Å². The standard InChI is InChI=1S/C38H41NO12/c1-21(47-37-35(51-25(5)42)34(50-24(4)41)33(22(2)48-37)49-23(3)40)32(36(43)45-19-26-13-7-6-8-14-26)39-38(44)46-20-31-29-17-11-9-15-27(29)28-16-10-12-18-30(28)31/h6-18,21-22,31-35,37H,19-20H2,1-5H3,(H,39,44)/t21-,22+,32+,33+,34-,35-,37-/m1/s1. The highest BCUT2D eigenvalue weighted by Gasteiger charge is 2.52. The number of fused-ring (bicyclic) bond motifs is 3. The van der Waals surface area contributed by atoms with E-state index in [4.69, 9.17) is 33.2 Å². The molecule has 0 saturated carbocycles. The minimum atomic E-state index is -1.44. The molecule has 1 aliphatic carbocycles. The number of carbonyl (C=O) groups is 5. The molecule has 7 atom stereocenters. The molecule has 3 aromatic rings. The van der Waals surface area contributed by atoms with Crippen molar-refractivity contribution in [1.29, 1.82) is 0 Å². The fraction of sp³-hybridized carbons (Fsp3) is 0.395. The summed E-state index contributed by atoms with van der Waals surface area (Å²) in [6, 6.07) is 23.3. The highest BCUT2D eigenvalue weighted by molar-refractivity contribution is 5.82. The molecule has 13 nitrogen and oxygen atoms in total. The Kier molecular flexibility index (Phi) is 12.1. The van der Waals surface area contributed by atoms with E-state index in [-0.39, 0.29) is 19.1 Å². The van der Waals surface area contributed by atoms with Gasteiger partial charge >= 0.3 is 30.0 Å². The van der Waals surface area contributed by atoms with E-state index < -0.39 is 72.8 Å². The maximum Gasteiger partial charge on any atom is 0.407 e. The summed E-state index contributed by atoms with van der Waals surface area (Å²) >= 11 is 0. The van der Waals surface area contributed by atoms with Crippen molar-refractivity contribution in [3.63, 3.8) is 0 Å². The summed E-state index contributed by atoms with van der Waals surface area (Å²) in [6.45, 7) is 6.37. The van der Waals surface area contributed by atoms with Crippen LogP contribution in [0.2, 0.25) is 0 Å². The summed E-state index contributed by atoms with van der Waals surface area (Å²) < 4.78 is 39.7. The van der Waals surface area contributed by atoms with Gasteiger partial charge in [0.2, 0.25) is 0 Å². The molecule has 13 heteroatoms. The summed E-state index contributed by atoms with van der Waals surface area (Å²) in [5.74, 6) is -3.27. The zero-order chi connectivity index (χ0) is 36.7. The van der Waals surface area contributed by atoms with Gasteiger partial charge in [-0.25, -0.2) is 9.59 Å². The summed E-state index contributed by atoms with van der Waals surface area (Å²) in [6.07, 6.45) is -8.36. The molecule has 5 rings (SSSR count). The van der Waals surface area contributed by atoms with Gasteiger partial charge < -0.3 is 38.5 Å². The number of hydrogen-bond acceptors (Lipinski definition) is 12. The van der Waals surface area contributed by atoms with Crippen molar-refractivity contribution in [2.24, 2.45) is 0 Å². The molecule has 1 saturated heterocycles. The van der Waals surface area contributed by atoms with E-state index in [1.807, 2.05) is 54.6 Å². The number of ether oxygens (including phenoxy) is 7. The van der Waals surface area contributed by atoms with Crippen LogP contribution in [0.15, 0.2) is 78.9 Å². The molecule has 0 bridgehead atoms. The molecule has 0 spiro atoms. The van der Waals surface area contributed by atoms with E-state index in [0.717, 1.165) is 36.1 Å². The second-order valence-corrected chi connectivity index (χ2v) is 12.3. The van der Waals surface area contributed by atoms with Gasteiger partial charge in [-0.1, -0.05) is 78.9 Å². The molecular weight excluding hydrogens is 662 g/mol. The Hall–Kier alpha value is -5.27. The van der Waals surface area contributed by atoms with Crippen LogP contribution in [0.5, 0.6) is 0 Å². The molecule has 0 unspecified atom stereocenters. The number of esters is 4. The van der Waals surface area contributed by atoms with E-state index in [1.165, 1.54) is 13.8 Å². The van der Waals surface area contributed by atoms with E-state index >= 15 is 0 Å². The maximum atomic E-state index is 13.6. The third kappa shape index (κ3) is 9.10. The second-order valence-electron chi connectivity index (χ2n) is 12.3. The van der Waals surface area contributed by atoms with Crippen molar-refractivity contribution in [2.75, 3.05) is 6.61 Å². The van der Waals surface area contributed by atoms with Crippen LogP contribution in [-0.4, -0.2) is 79.4 Å². The Morgan fingerprint density at radius 1 is 0.706 bits per heavy atom. The molecule has 0 radical (unpaired) electrons. The summed E-state index contributed by atoms with van der Waals surface area (Å²) in [5, 5.41) is 2.58. The van der Waals surface area contributed by atoms with Gasteiger partial charge in [-0.3, -0.25) is 14.4 Å². The van der Waals surface area contributed by atoms with Crippen LogP contribution in [0.4, 0.5) is 4.79 Å². The minimum Gasteiger partial charge on any atom is -0.459 e.